The smallest absolute Gasteiger partial charge is 0.214 e. The van der Waals surface area contributed by atoms with Crippen molar-refractivity contribution < 1.29 is 13.2 Å². The number of piperidine rings is 1. The van der Waals surface area contributed by atoms with E-state index in [1.807, 2.05) is 0 Å². The van der Waals surface area contributed by atoms with Gasteiger partial charge in [-0.2, -0.15) is 0 Å². The fraction of sp³-hybridized carbons (Fsp3) is 1.00. The summed E-state index contributed by atoms with van der Waals surface area (Å²) in [5.41, 5.74) is 0.0890. The van der Waals surface area contributed by atoms with Crippen molar-refractivity contribution in [3.63, 3.8) is 0 Å². The van der Waals surface area contributed by atoms with Crippen LogP contribution in [0.25, 0.3) is 0 Å². The third kappa shape index (κ3) is 5.85. The molecule has 0 aromatic rings. The average molecular weight is 327 g/mol. The highest BCUT2D eigenvalue weighted by Gasteiger charge is 2.29. The van der Waals surface area contributed by atoms with Crippen molar-refractivity contribution in [2.24, 2.45) is 5.41 Å². The van der Waals surface area contributed by atoms with Crippen LogP contribution in [0.2, 0.25) is 0 Å². The summed E-state index contributed by atoms with van der Waals surface area (Å²) in [5, 5.41) is 3.31. The summed E-state index contributed by atoms with van der Waals surface area (Å²) in [6.07, 6.45) is 4.91. The van der Waals surface area contributed by atoms with Crippen LogP contribution in [-0.4, -0.2) is 46.5 Å². The quantitative estimate of drug-likeness (QED) is 0.799. The van der Waals surface area contributed by atoms with Gasteiger partial charge in [-0.3, -0.25) is 0 Å². The minimum absolute atomic E-state index is 0. The molecule has 20 heavy (non-hydrogen) atoms. The Morgan fingerprint density at radius 2 is 2.00 bits per heavy atom. The molecule has 2 aliphatic heterocycles. The Balaban J connectivity index is 0.00000200. The molecule has 0 bridgehead atoms. The zero-order chi connectivity index (χ0) is 13.8. The lowest BCUT2D eigenvalue weighted by Crippen LogP contribution is -2.44. The summed E-state index contributed by atoms with van der Waals surface area (Å²) in [7, 11) is -3.21. The maximum Gasteiger partial charge on any atom is 0.214 e. The van der Waals surface area contributed by atoms with Gasteiger partial charge in [-0.25, -0.2) is 13.1 Å². The molecule has 120 valence electrons. The van der Waals surface area contributed by atoms with Crippen LogP contribution >= 0.6 is 12.4 Å². The predicted molar refractivity (Wildman–Crippen MR) is 82.8 cm³/mol. The molecule has 0 radical (unpaired) electrons. The number of halogens is 1. The van der Waals surface area contributed by atoms with Crippen LogP contribution in [0, 0.1) is 5.41 Å². The van der Waals surface area contributed by atoms with Crippen LogP contribution in [0.5, 0.6) is 0 Å². The molecule has 0 aromatic heterocycles. The first-order valence-corrected chi connectivity index (χ1v) is 8.94. The zero-order valence-corrected chi connectivity index (χ0v) is 13.8. The third-order valence-corrected chi connectivity index (χ3v) is 5.60. The van der Waals surface area contributed by atoms with Crippen LogP contribution in [0.3, 0.4) is 0 Å². The van der Waals surface area contributed by atoms with Gasteiger partial charge in [0.1, 0.15) is 0 Å². The van der Waals surface area contributed by atoms with Gasteiger partial charge in [0.25, 0.3) is 0 Å². The van der Waals surface area contributed by atoms with Gasteiger partial charge in [0, 0.05) is 13.2 Å². The van der Waals surface area contributed by atoms with Gasteiger partial charge in [0.05, 0.1) is 11.9 Å². The van der Waals surface area contributed by atoms with Gasteiger partial charge in [-0.15, -0.1) is 12.4 Å². The molecule has 0 amide bonds. The minimum Gasteiger partial charge on any atom is -0.377 e. The fourth-order valence-electron chi connectivity index (χ4n) is 2.73. The highest BCUT2D eigenvalue weighted by atomic mass is 35.5. The van der Waals surface area contributed by atoms with E-state index >= 15 is 0 Å². The second-order valence-electron chi connectivity index (χ2n) is 6.15. The van der Waals surface area contributed by atoms with Crippen LogP contribution < -0.4 is 10.0 Å². The SMILES string of the molecule is CC1(CNS(=O)(=O)CC2CCCCO2)CCNCC1.Cl. The molecule has 5 nitrogen and oxygen atoms in total. The lowest BCUT2D eigenvalue weighted by molar-refractivity contribution is 0.0303. The van der Waals surface area contributed by atoms with E-state index < -0.39 is 10.0 Å². The molecule has 1 unspecified atom stereocenters. The molecule has 7 heteroatoms. The van der Waals surface area contributed by atoms with E-state index in [0.717, 1.165) is 45.2 Å². The second-order valence-corrected chi connectivity index (χ2v) is 8.00. The molecule has 2 aliphatic rings. The van der Waals surface area contributed by atoms with E-state index in [9.17, 15) is 8.42 Å². The molecule has 0 aliphatic carbocycles. The molecule has 2 saturated heterocycles. The van der Waals surface area contributed by atoms with E-state index in [1.54, 1.807) is 0 Å². The van der Waals surface area contributed by atoms with Gasteiger partial charge in [-0.1, -0.05) is 6.92 Å². The molecule has 0 aromatic carbocycles. The molecule has 2 rings (SSSR count). The summed E-state index contributed by atoms with van der Waals surface area (Å²) in [6, 6.07) is 0. The number of sulfonamides is 1. The van der Waals surface area contributed by atoms with Gasteiger partial charge in [0.15, 0.2) is 0 Å². The Bertz CT molecular complexity index is 377. The van der Waals surface area contributed by atoms with Crippen molar-refractivity contribution in [3.8, 4) is 0 Å². The first kappa shape index (κ1) is 18.2. The largest absolute Gasteiger partial charge is 0.377 e. The molecular weight excluding hydrogens is 300 g/mol. The maximum atomic E-state index is 12.1. The lowest BCUT2D eigenvalue weighted by Gasteiger charge is -2.34. The minimum atomic E-state index is -3.21. The Morgan fingerprint density at radius 3 is 2.60 bits per heavy atom. The van der Waals surface area contributed by atoms with Gasteiger partial charge in [0.2, 0.25) is 10.0 Å². The summed E-state index contributed by atoms with van der Waals surface area (Å²) in [4.78, 5) is 0. The van der Waals surface area contributed by atoms with Crippen molar-refractivity contribution in [2.45, 2.75) is 45.1 Å². The predicted octanol–water partition coefficient (Wildman–Crippen LogP) is 1.29. The van der Waals surface area contributed by atoms with Gasteiger partial charge in [-0.05, 0) is 50.6 Å². The second kappa shape index (κ2) is 7.94. The first-order chi connectivity index (χ1) is 8.99. The fourth-order valence-corrected chi connectivity index (χ4v) is 4.17. The normalized spacial score (nSPS) is 26.8. The summed E-state index contributed by atoms with van der Waals surface area (Å²) in [5.74, 6) is 0.112. The highest BCUT2D eigenvalue weighted by Crippen LogP contribution is 2.27. The molecule has 0 spiro atoms. The topological polar surface area (TPSA) is 67.4 Å². The van der Waals surface area contributed by atoms with Gasteiger partial charge >= 0.3 is 0 Å². The van der Waals surface area contributed by atoms with Crippen molar-refractivity contribution in [1.82, 2.24) is 10.0 Å². The highest BCUT2D eigenvalue weighted by molar-refractivity contribution is 7.89. The summed E-state index contributed by atoms with van der Waals surface area (Å²) in [6.45, 7) is 5.36. The van der Waals surface area contributed by atoms with Crippen LogP contribution in [0.1, 0.15) is 39.0 Å². The van der Waals surface area contributed by atoms with Crippen molar-refractivity contribution in [2.75, 3.05) is 32.0 Å². The van der Waals surface area contributed by atoms with E-state index in [0.29, 0.717) is 13.2 Å². The molecule has 1 atom stereocenters. The average Bonchev–Trinajstić information content (AvgIpc) is 2.38. The van der Waals surface area contributed by atoms with Crippen LogP contribution in [0.4, 0.5) is 0 Å². The van der Waals surface area contributed by atoms with E-state index in [4.69, 9.17) is 4.74 Å². The Labute approximate surface area is 128 Å². The van der Waals surface area contributed by atoms with E-state index in [1.165, 1.54) is 0 Å². The number of rotatable bonds is 5. The lowest BCUT2D eigenvalue weighted by atomic mass is 9.81. The molecule has 2 N–H and O–H groups in total. The molecule has 0 saturated carbocycles. The monoisotopic (exact) mass is 326 g/mol. The summed E-state index contributed by atoms with van der Waals surface area (Å²) < 4.78 is 32.4. The molecule has 2 heterocycles. The first-order valence-electron chi connectivity index (χ1n) is 7.29. The van der Waals surface area contributed by atoms with Crippen LogP contribution in [0.15, 0.2) is 0 Å². The van der Waals surface area contributed by atoms with Crippen molar-refractivity contribution >= 4 is 22.4 Å². The number of ether oxygens (including phenoxy) is 1. The third-order valence-electron chi connectivity index (χ3n) is 4.21. The molecular formula is C13H27ClN2O3S. The van der Waals surface area contributed by atoms with Crippen molar-refractivity contribution in [3.05, 3.63) is 0 Å². The Morgan fingerprint density at radius 1 is 1.30 bits per heavy atom. The number of nitrogens with one attached hydrogen (secondary N) is 2. The number of hydrogen-bond donors (Lipinski definition) is 2. The van der Waals surface area contributed by atoms with E-state index in [2.05, 4.69) is 17.0 Å². The summed E-state index contributed by atoms with van der Waals surface area (Å²) >= 11 is 0. The van der Waals surface area contributed by atoms with Gasteiger partial charge < -0.3 is 10.1 Å². The molecule has 2 fully saturated rings. The maximum absolute atomic E-state index is 12.1. The number of hydrogen-bond acceptors (Lipinski definition) is 4. The standard InChI is InChI=1S/C13H26N2O3S.ClH/c1-13(5-7-14-8-6-13)11-15-19(16,17)10-12-4-2-3-9-18-12;/h12,14-15H,2-11H2,1H3;1H. The van der Waals surface area contributed by atoms with Crippen LogP contribution in [-0.2, 0) is 14.8 Å². The zero-order valence-electron chi connectivity index (χ0n) is 12.2. The Hall–Kier alpha value is 0.120. The van der Waals surface area contributed by atoms with Crippen molar-refractivity contribution in [1.29, 1.82) is 0 Å². The Kier molecular flexibility index (Phi) is 7.21. The van der Waals surface area contributed by atoms with E-state index in [-0.39, 0.29) is 29.7 Å².